The summed E-state index contributed by atoms with van der Waals surface area (Å²) in [6, 6.07) is 9.79. The molecule has 3 N–H and O–H groups in total. The Morgan fingerprint density at radius 1 is 1.00 bits per heavy atom. The van der Waals surface area contributed by atoms with Crippen molar-refractivity contribution in [3.8, 4) is 5.75 Å². The summed E-state index contributed by atoms with van der Waals surface area (Å²) in [5.74, 6) is 1.32. The Labute approximate surface area is 235 Å². The van der Waals surface area contributed by atoms with Crippen LogP contribution in [0.5, 0.6) is 5.75 Å². The number of nitrogens with one attached hydrogen (secondary N) is 2. The highest BCUT2D eigenvalue weighted by Gasteiger charge is 2.42. The van der Waals surface area contributed by atoms with Gasteiger partial charge in [-0.05, 0) is 76.1 Å². The maximum atomic E-state index is 13.1. The van der Waals surface area contributed by atoms with Gasteiger partial charge in [-0.25, -0.2) is 9.78 Å². The van der Waals surface area contributed by atoms with E-state index in [1.54, 1.807) is 13.3 Å². The molecular formula is C30H39N5O5. The molecule has 2 unspecified atom stereocenters. The Bertz CT molecular complexity index is 1240. The quantitative estimate of drug-likeness (QED) is 0.477. The normalized spacial score (nSPS) is 25.8. The number of pyridine rings is 1. The van der Waals surface area contributed by atoms with Crippen molar-refractivity contribution in [2.45, 2.75) is 89.0 Å². The summed E-state index contributed by atoms with van der Waals surface area (Å²) >= 11 is 0. The minimum Gasteiger partial charge on any atom is -0.496 e. The van der Waals surface area contributed by atoms with Crippen molar-refractivity contribution in [2.75, 3.05) is 18.6 Å². The number of aromatic nitrogens is 1. The predicted molar refractivity (Wildman–Crippen MR) is 151 cm³/mol. The average Bonchev–Trinajstić information content (AvgIpc) is 3.22. The standard InChI is InChI=1S/C30H39N5O5/c1-4-22-14-20(12-13-34(22)30(38)39)32-28(36)19-8-11-27(31-17-19)35-23-9-10-24(35)16-21(15-23)33-29(37)25-6-5-7-26(40-3)18(25)2/h5-8,11,17,20-24H,4,9-10,12-16H2,1-3H3,(H,32,36)(H,33,37)(H,38,39)/t20?,21-,22?,23+,24-. The second-order valence-corrected chi connectivity index (χ2v) is 11.2. The molecule has 0 spiro atoms. The molecule has 4 heterocycles. The summed E-state index contributed by atoms with van der Waals surface area (Å²) < 4.78 is 5.37. The topological polar surface area (TPSA) is 124 Å². The lowest BCUT2D eigenvalue weighted by Gasteiger charge is -2.40. The molecule has 1 aromatic heterocycles. The SMILES string of the molecule is CCC1CC(NC(=O)c2ccc(N3[C@@H]4CC[C@H]3C[C@@H](NC(=O)c3cccc(OC)c3C)C4)nc2)CCN1C(=O)O. The largest absolute Gasteiger partial charge is 0.496 e. The van der Waals surface area contributed by atoms with E-state index >= 15 is 0 Å². The number of nitrogens with zero attached hydrogens (tertiary/aromatic N) is 3. The van der Waals surface area contributed by atoms with E-state index in [2.05, 4.69) is 20.5 Å². The molecule has 3 saturated heterocycles. The monoisotopic (exact) mass is 549 g/mol. The molecule has 2 bridgehead atoms. The number of fused-ring (bicyclic) bond motifs is 2. The highest BCUT2D eigenvalue weighted by Crippen LogP contribution is 2.38. The molecule has 40 heavy (non-hydrogen) atoms. The van der Waals surface area contributed by atoms with Gasteiger partial charge in [0.2, 0.25) is 0 Å². The summed E-state index contributed by atoms with van der Waals surface area (Å²) in [5.41, 5.74) is 1.98. The van der Waals surface area contributed by atoms with Crippen LogP contribution in [0.25, 0.3) is 0 Å². The zero-order chi connectivity index (χ0) is 28.4. The van der Waals surface area contributed by atoms with Gasteiger partial charge in [0, 0.05) is 54.1 Å². The zero-order valence-corrected chi connectivity index (χ0v) is 23.4. The molecule has 10 nitrogen and oxygen atoms in total. The number of carboxylic acid groups (broad SMARTS) is 1. The fraction of sp³-hybridized carbons (Fsp3) is 0.533. The lowest BCUT2D eigenvalue weighted by Crippen LogP contribution is -2.51. The Morgan fingerprint density at radius 3 is 2.35 bits per heavy atom. The fourth-order valence-corrected chi connectivity index (χ4v) is 6.78. The third-order valence-corrected chi connectivity index (χ3v) is 8.86. The number of ether oxygens (including phenoxy) is 1. The molecule has 0 saturated carbocycles. The number of carbonyl (C=O) groups excluding carboxylic acids is 2. The number of hydrogen-bond acceptors (Lipinski definition) is 6. The number of piperidine rings is 2. The second-order valence-electron chi connectivity index (χ2n) is 11.2. The van der Waals surface area contributed by atoms with E-state index in [-0.39, 0.29) is 42.0 Å². The van der Waals surface area contributed by atoms with Gasteiger partial charge in [-0.2, -0.15) is 0 Å². The number of hydrogen-bond donors (Lipinski definition) is 3. The first-order chi connectivity index (χ1) is 19.3. The van der Waals surface area contributed by atoms with Crippen LogP contribution in [0, 0.1) is 6.92 Å². The van der Waals surface area contributed by atoms with E-state index in [0.29, 0.717) is 36.3 Å². The van der Waals surface area contributed by atoms with E-state index in [1.165, 1.54) is 4.90 Å². The summed E-state index contributed by atoms with van der Waals surface area (Å²) in [5, 5.41) is 15.7. The maximum Gasteiger partial charge on any atom is 0.407 e. The van der Waals surface area contributed by atoms with Crippen LogP contribution in [0.1, 0.15) is 78.1 Å². The molecule has 2 aromatic rings. The molecule has 3 aliphatic rings. The molecule has 10 heteroatoms. The van der Waals surface area contributed by atoms with Crippen molar-refractivity contribution in [1.82, 2.24) is 20.5 Å². The maximum absolute atomic E-state index is 13.1. The van der Waals surface area contributed by atoms with Crippen molar-refractivity contribution >= 4 is 23.7 Å². The predicted octanol–water partition coefficient (Wildman–Crippen LogP) is 3.98. The summed E-state index contributed by atoms with van der Waals surface area (Å²) in [7, 11) is 1.61. The molecule has 3 fully saturated rings. The first-order valence-electron chi connectivity index (χ1n) is 14.3. The third-order valence-electron chi connectivity index (χ3n) is 8.86. The van der Waals surface area contributed by atoms with Crippen LogP contribution in [0.3, 0.4) is 0 Å². The van der Waals surface area contributed by atoms with Gasteiger partial charge in [0.25, 0.3) is 11.8 Å². The molecular weight excluding hydrogens is 510 g/mol. The molecule has 3 amide bonds. The van der Waals surface area contributed by atoms with Crippen LogP contribution in [0.2, 0.25) is 0 Å². The lowest BCUT2D eigenvalue weighted by atomic mass is 9.95. The number of rotatable bonds is 7. The van der Waals surface area contributed by atoms with Crippen LogP contribution >= 0.6 is 0 Å². The third kappa shape index (κ3) is 5.57. The van der Waals surface area contributed by atoms with Gasteiger partial charge >= 0.3 is 6.09 Å². The van der Waals surface area contributed by atoms with Gasteiger partial charge in [0.1, 0.15) is 11.6 Å². The summed E-state index contributed by atoms with van der Waals surface area (Å²) in [6.45, 7) is 4.30. The van der Waals surface area contributed by atoms with Crippen LogP contribution in [-0.4, -0.2) is 76.8 Å². The molecule has 5 atom stereocenters. The highest BCUT2D eigenvalue weighted by molar-refractivity contribution is 5.96. The van der Waals surface area contributed by atoms with Gasteiger partial charge < -0.3 is 30.3 Å². The summed E-state index contributed by atoms with van der Waals surface area (Å²) in [4.78, 5) is 45.9. The van der Waals surface area contributed by atoms with Crippen molar-refractivity contribution in [3.63, 3.8) is 0 Å². The Morgan fingerprint density at radius 2 is 1.73 bits per heavy atom. The fourth-order valence-electron chi connectivity index (χ4n) is 6.78. The minimum atomic E-state index is -0.899. The molecule has 0 radical (unpaired) electrons. The van der Waals surface area contributed by atoms with Crippen LogP contribution in [-0.2, 0) is 0 Å². The number of methoxy groups -OCH3 is 1. The molecule has 1 aromatic carbocycles. The first kappa shape index (κ1) is 27.7. The number of likely N-dealkylation sites (tertiary alicyclic amines) is 1. The highest BCUT2D eigenvalue weighted by atomic mass is 16.5. The van der Waals surface area contributed by atoms with E-state index in [1.807, 2.05) is 44.2 Å². The average molecular weight is 550 g/mol. The number of benzene rings is 1. The summed E-state index contributed by atoms with van der Waals surface area (Å²) in [6.07, 6.45) is 6.47. The molecule has 0 aliphatic carbocycles. The van der Waals surface area contributed by atoms with Gasteiger partial charge in [-0.3, -0.25) is 9.59 Å². The molecule has 3 aliphatic heterocycles. The van der Waals surface area contributed by atoms with E-state index in [4.69, 9.17) is 4.74 Å². The smallest absolute Gasteiger partial charge is 0.407 e. The van der Waals surface area contributed by atoms with Crippen molar-refractivity contribution in [1.29, 1.82) is 0 Å². The van der Waals surface area contributed by atoms with Crippen molar-refractivity contribution < 1.29 is 24.2 Å². The van der Waals surface area contributed by atoms with Gasteiger partial charge in [0.05, 0.1) is 12.7 Å². The Hall–Kier alpha value is -3.82. The zero-order valence-electron chi connectivity index (χ0n) is 23.4. The van der Waals surface area contributed by atoms with Crippen molar-refractivity contribution in [2.24, 2.45) is 0 Å². The van der Waals surface area contributed by atoms with Gasteiger partial charge in [-0.15, -0.1) is 0 Å². The van der Waals surface area contributed by atoms with E-state index < -0.39 is 6.09 Å². The number of carbonyl (C=O) groups is 3. The van der Waals surface area contributed by atoms with Crippen LogP contribution in [0.15, 0.2) is 36.5 Å². The van der Waals surface area contributed by atoms with Crippen LogP contribution < -0.4 is 20.3 Å². The molecule has 214 valence electrons. The number of amides is 3. The minimum absolute atomic E-state index is 0.0569. The van der Waals surface area contributed by atoms with Crippen LogP contribution in [0.4, 0.5) is 10.6 Å². The van der Waals surface area contributed by atoms with Gasteiger partial charge in [-0.1, -0.05) is 13.0 Å². The first-order valence-corrected chi connectivity index (χ1v) is 14.3. The van der Waals surface area contributed by atoms with Gasteiger partial charge in [0.15, 0.2) is 0 Å². The van der Waals surface area contributed by atoms with Crippen molar-refractivity contribution in [3.05, 3.63) is 53.2 Å². The Balaban J connectivity index is 1.18. The lowest BCUT2D eigenvalue weighted by molar-refractivity contribution is 0.0823. The second kappa shape index (κ2) is 11.7. The number of anilines is 1. The Kier molecular flexibility index (Phi) is 8.14. The van der Waals surface area contributed by atoms with E-state index in [9.17, 15) is 19.5 Å². The molecule has 5 rings (SSSR count). The van der Waals surface area contributed by atoms with E-state index in [0.717, 1.165) is 43.5 Å².